The van der Waals surface area contributed by atoms with Gasteiger partial charge in [-0.15, -0.1) is 0 Å². The fourth-order valence-corrected chi connectivity index (χ4v) is 3.69. The fourth-order valence-electron chi connectivity index (χ4n) is 1.24. The minimum absolute atomic E-state index is 0.0643. The van der Waals surface area contributed by atoms with E-state index < -0.39 is 20.1 Å². The summed E-state index contributed by atoms with van der Waals surface area (Å²) < 4.78 is 22.1. The van der Waals surface area contributed by atoms with Gasteiger partial charge in [0.1, 0.15) is 10.3 Å². The highest BCUT2D eigenvalue weighted by molar-refractivity contribution is 9.11. The SMILES string of the molecule is CCS(=O)(=O)[C@H](Br)[C@H](O)c1ccc(Cl)cc1Cl. The molecule has 1 N–H and O–H groups in total. The van der Waals surface area contributed by atoms with Crippen LogP contribution in [0.5, 0.6) is 0 Å². The number of benzene rings is 1. The van der Waals surface area contributed by atoms with Crippen molar-refractivity contribution in [3.05, 3.63) is 33.8 Å². The maximum absolute atomic E-state index is 11.6. The van der Waals surface area contributed by atoms with Crippen molar-refractivity contribution in [2.45, 2.75) is 17.2 Å². The summed E-state index contributed by atoms with van der Waals surface area (Å²) in [5.74, 6) is -0.0643. The molecule has 96 valence electrons. The predicted molar refractivity (Wildman–Crippen MR) is 73.6 cm³/mol. The number of aliphatic hydroxyl groups excluding tert-OH is 1. The highest BCUT2D eigenvalue weighted by atomic mass is 79.9. The molecular weight excluding hydrogens is 351 g/mol. The molecule has 0 aliphatic rings. The smallest absolute Gasteiger partial charge is 0.165 e. The minimum atomic E-state index is -3.40. The molecular formula is C10H11BrCl2O3S. The second kappa shape index (κ2) is 5.89. The van der Waals surface area contributed by atoms with E-state index >= 15 is 0 Å². The maximum Gasteiger partial charge on any atom is 0.165 e. The summed E-state index contributed by atoms with van der Waals surface area (Å²) in [7, 11) is -3.40. The zero-order valence-electron chi connectivity index (χ0n) is 8.90. The Kier molecular flexibility index (Phi) is 5.28. The van der Waals surface area contributed by atoms with Gasteiger partial charge < -0.3 is 5.11 Å². The largest absolute Gasteiger partial charge is 0.386 e. The van der Waals surface area contributed by atoms with Crippen LogP contribution < -0.4 is 0 Å². The summed E-state index contributed by atoms with van der Waals surface area (Å²) in [4.78, 5) is 0. The Labute approximate surface area is 119 Å². The molecule has 0 radical (unpaired) electrons. The monoisotopic (exact) mass is 360 g/mol. The van der Waals surface area contributed by atoms with Crippen molar-refractivity contribution < 1.29 is 13.5 Å². The second-order valence-corrected chi connectivity index (χ2v) is 8.26. The first-order valence-corrected chi connectivity index (χ1v) is 8.17. The summed E-state index contributed by atoms with van der Waals surface area (Å²) in [6.07, 6.45) is -1.23. The Bertz CT molecular complexity index is 504. The van der Waals surface area contributed by atoms with Crippen molar-refractivity contribution in [3.8, 4) is 0 Å². The molecule has 0 aliphatic carbocycles. The molecule has 0 aromatic heterocycles. The molecule has 2 atom stereocenters. The zero-order chi connectivity index (χ0) is 13.2. The molecule has 0 heterocycles. The molecule has 7 heteroatoms. The van der Waals surface area contributed by atoms with E-state index in [4.69, 9.17) is 23.2 Å². The average Bonchev–Trinajstić information content (AvgIpc) is 2.27. The van der Waals surface area contributed by atoms with Gasteiger partial charge in [0.25, 0.3) is 0 Å². The molecule has 0 spiro atoms. The van der Waals surface area contributed by atoms with E-state index in [0.29, 0.717) is 10.6 Å². The lowest BCUT2D eigenvalue weighted by Crippen LogP contribution is -2.24. The average molecular weight is 362 g/mol. The van der Waals surface area contributed by atoms with Crippen LogP contribution in [-0.2, 0) is 9.84 Å². The summed E-state index contributed by atoms with van der Waals surface area (Å²) in [6, 6.07) is 4.51. The third-order valence-corrected chi connectivity index (χ3v) is 6.80. The van der Waals surface area contributed by atoms with Crippen LogP contribution in [0.25, 0.3) is 0 Å². The number of hydrogen-bond donors (Lipinski definition) is 1. The molecule has 1 rings (SSSR count). The van der Waals surface area contributed by atoms with Crippen molar-refractivity contribution in [2.75, 3.05) is 5.75 Å². The van der Waals surface area contributed by atoms with Gasteiger partial charge in [-0.05, 0) is 12.1 Å². The molecule has 1 aromatic carbocycles. The molecule has 0 fully saturated rings. The van der Waals surface area contributed by atoms with Gasteiger partial charge in [0.2, 0.25) is 0 Å². The highest BCUT2D eigenvalue weighted by Gasteiger charge is 2.30. The number of alkyl halides is 1. The molecule has 0 bridgehead atoms. The standard InChI is InChI=1S/C10H11BrCl2O3S/c1-2-17(15,16)10(11)9(14)7-4-3-6(12)5-8(7)13/h3-5,9-10,14H,2H2,1H3/t9-,10+/m1/s1. The van der Waals surface area contributed by atoms with E-state index in [1.807, 2.05) is 0 Å². The third kappa shape index (κ3) is 3.58. The van der Waals surface area contributed by atoms with Crippen LogP contribution in [0.3, 0.4) is 0 Å². The molecule has 0 aliphatic heterocycles. The first kappa shape index (κ1) is 15.2. The summed E-state index contributed by atoms with van der Waals surface area (Å²) in [6.45, 7) is 1.51. The molecule has 17 heavy (non-hydrogen) atoms. The Morgan fingerprint density at radius 2 is 2.00 bits per heavy atom. The quantitative estimate of drug-likeness (QED) is 0.838. The van der Waals surface area contributed by atoms with E-state index in [0.717, 1.165) is 0 Å². The van der Waals surface area contributed by atoms with E-state index in [2.05, 4.69) is 15.9 Å². The normalized spacial score (nSPS) is 15.6. The van der Waals surface area contributed by atoms with Gasteiger partial charge in [0.05, 0.1) is 0 Å². The molecule has 0 saturated heterocycles. The molecule has 1 aromatic rings. The fraction of sp³-hybridized carbons (Fsp3) is 0.400. The number of aliphatic hydroxyl groups is 1. The van der Waals surface area contributed by atoms with E-state index in [1.165, 1.54) is 19.1 Å². The van der Waals surface area contributed by atoms with Crippen molar-refractivity contribution in [3.63, 3.8) is 0 Å². The number of hydrogen-bond acceptors (Lipinski definition) is 3. The van der Waals surface area contributed by atoms with Crippen LogP contribution in [0.4, 0.5) is 0 Å². The number of rotatable bonds is 4. The lowest BCUT2D eigenvalue weighted by molar-refractivity contribution is 0.195. The predicted octanol–water partition coefficient (Wildman–Crippen LogP) is 3.18. The van der Waals surface area contributed by atoms with Gasteiger partial charge in [-0.3, -0.25) is 0 Å². The first-order chi connectivity index (χ1) is 7.79. The van der Waals surface area contributed by atoms with Crippen LogP contribution >= 0.6 is 39.1 Å². The van der Waals surface area contributed by atoms with Gasteiger partial charge in [-0.25, -0.2) is 8.42 Å². The van der Waals surface area contributed by atoms with Crippen LogP contribution in [0.2, 0.25) is 10.0 Å². The molecule has 0 saturated carbocycles. The van der Waals surface area contributed by atoms with E-state index in [9.17, 15) is 13.5 Å². The Morgan fingerprint density at radius 3 is 2.47 bits per heavy atom. The molecule has 0 amide bonds. The van der Waals surface area contributed by atoms with E-state index in [-0.39, 0.29) is 10.8 Å². The number of sulfone groups is 1. The highest BCUT2D eigenvalue weighted by Crippen LogP contribution is 2.33. The maximum atomic E-state index is 11.6. The van der Waals surface area contributed by atoms with Crippen LogP contribution in [0, 0.1) is 0 Å². The topological polar surface area (TPSA) is 54.4 Å². The van der Waals surface area contributed by atoms with Gasteiger partial charge in [0.15, 0.2) is 9.84 Å². The molecule has 0 unspecified atom stereocenters. The Morgan fingerprint density at radius 1 is 1.41 bits per heavy atom. The minimum Gasteiger partial charge on any atom is -0.386 e. The summed E-state index contributed by atoms with van der Waals surface area (Å²) in [5.41, 5.74) is 0.329. The zero-order valence-corrected chi connectivity index (χ0v) is 12.8. The Balaban J connectivity index is 3.09. The van der Waals surface area contributed by atoms with Crippen molar-refractivity contribution >= 4 is 49.0 Å². The third-order valence-electron chi connectivity index (χ3n) is 2.27. The second-order valence-electron chi connectivity index (χ2n) is 3.41. The van der Waals surface area contributed by atoms with Gasteiger partial charge in [-0.1, -0.05) is 52.1 Å². The Hall–Kier alpha value is 0.190. The van der Waals surface area contributed by atoms with Crippen LogP contribution in [0.1, 0.15) is 18.6 Å². The van der Waals surface area contributed by atoms with Crippen molar-refractivity contribution in [1.29, 1.82) is 0 Å². The van der Waals surface area contributed by atoms with Crippen LogP contribution in [-0.4, -0.2) is 23.4 Å². The first-order valence-electron chi connectivity index (χ1n) is 4.78. The van der Waals surface area contributed by atoms with Gasteiger partial charge in [-0.2, -0.15) is 0 Å². The van der Waals surface area contributed by atoms with Crippen LogP contribution in [0.15, 0.2) is 18.2 Å². The van der Waals surface area contributed by atoms with Crippen molar-refractivity contribution in [1.82, 2.24) is 0 Å². The van der Waals surface area contributed by atoms with Gasteiger partial charge >= 0.3 is 0 Å². The molecule has 3 nitrogen and oxygen atoms in total. The van der Waals surface area contributed by atoms with Crippen molar-refractivity contribution in [2.24, 2.45) is 0 Å². The summed E-state index contributed by atoms with van der Waals surface area (Å²) in [5, 5.41) is 10.6. The lowest BCUT2D eigenvalue weighted by atomic mass is 10.1. The number of halogens is 3. The lowest BCUT2D eigenvalue weighted by Gasteiger charge is -2.18. The van der Waals surface area contributed by atoms with E-state index in [1.54, 1.807) is 6.07 Å². The summed E-state index contributed by atoms with van der Waals surface area (Å²) >= 11 is 14.6. The van der Waals surface area contributed by atoms with Gasteiger partial charge in [0, 0.05) is 21.4 Å².